The summed E-state index contributed by atoms with van der Waals surface area (Å²) < 4.78 is 10.8. The van der Waals surface area contributed by atoms with Crippen LogP contribution in [-0.4, -0.2) is 24.1 Å². The Morgan fingerprint density at radius 1 is 1.38 bits per heavy atom. The smallest absolute Gasteiger partial charge is 0.344 e. The van der Waals surface area contributed by atoms with Gasteiger partial charge in [0.15, 0.2) is 6.61 Å². The van der Waals surface area contributed by atoms with Gasteiger partial charge in [-0.1, -0.05) is 20.4 Å². The van der Waals surface area contributed by atoms with Crippen LogP contribution in [0, 0.1) is 17.8 Å². The Bertz CT molecular complexity index is 442. The fourth-order valence-corrected chi connectivity index (χ4v) is 3.99. The van der Waals surface area contributed by atoms with E-state index in [1.165, 1.54) is 12.8 Å². The van der Waals surface area contributed by atoms with Crippen LogP contribution < -0.4 is 0 Å². The number of esters is 2. The van der Waals surface area contributed by atoms with Gasteiger partial charge >= 0.3 is 11.9 Å². The van der Waals surface area contributed by atoms with Gasteiger partial charge in [-0.05, 0) is 56.8 Å². The molecule has 2 bridgehead atoms. The number of hydrogen-bond acceptors (Lipinski definition) is 4. The average Bonchev–Trinajstić information content (AvgIpc) is 3.04. The minimum atomic E-state index is -0.544. The highest BCUT2D eigenvalue weighted by Gasteiger charge is 2.56. The van der Waals surface area contributed by atoms with Gasteiger partial charge in [0.05, 0.1) is 0 Å². The number of rotatable bonds is 6. The lowest BCUT2D eigenvalue weighted by atomic mass is 9.74. The van der Waals surface area contributed by atoms with Crippen molar-refractivity contribution in [1.82, 2.24) is 0 Å². The van der Waals surface area contributed by atoms with Crippen LogP contribution in [0.25, 0.3) is 0 Å². The lowest BCUT2D eigenvalue weighted by molar-refractivity contribution is -0.181. The van der Waals surface area contributed by atoms with E-state index in [0.717, 1.165) is 19.3 Å². The van der Waals surface area contributed by atoms with E-state index in [1.807, 2.05) is 0 Å². The maximum Gasteiger partial charge on any atom is 0.344 e. The number of hydrogen-bond donors (Lipinski definition) is 0. The monoisotopic (exact) mass is 294 g/mol. The van der Waals surface area contributed by atoms with Crippen molar-refractivity contribution in [2.24, 2.45) is 17.8 Å². The van der Waals surface area contributed by atoms with Gasteiger partial charge in [-0.3, -0.25) is 0 Å². The normalized spacial score (nSPS) is 31.8. The van der Waals surface area contributed by atoms with Crippen molar-refractivity contribution in [2.75, 3.05) is 6.61 Å². The molecule has 118 valence electrons. The number of ether oxygens (including phenoxy) is 2. The standard InChI is InChI=1S/C17H26O4/c1-5-12(4)17(9-13-6-7-14(17)8-13)21-15(18)10-20-16(19)11(2)3/h12-14H,2,5-10H2,1,3-4H3. The Balaban J connectivity index is 1.98. The Hall–Kier alpha value is -1.32. The molecule has 0 aromatic heterocycles. The van der Waals surface area contributed by atoms with Crippen LogP contribution in [0.2, 0.25) is 0 Å². The summed E-state index contributed by atoms with van der Waals surface area (Å²) in [4.78, 5) is 23.5. The van der Waals surface area contributed by atoms with Gasteiger partial charge in [0.25, 0.3) is 0 Å². The third-order valence-electron chi connectivity index (χ3n) is 5.26. The highest BCUT2D eigenvalue weighted by atomic mass is 16.6. The molecule has 0 radical (unpaired) electrons. The fraction of sp³-hybridized carbons (Fsp3) is 0.765. The van der Waals surface area contributed by atoms with Crippen LogP contribution in [0.4, 0.5) is 0 Å². The van der Waals surface area contributed by atoms with Crippen LogP contribution in [0.15, 0.2) is 12.2 Å². The van der Waals surface area contributed by atoms with Gasteiger partial charge in [0, 0.05) is 5.57 Å². The largest absolute Gasteiger partial charge is 0.456 e. The van der Waals surface area contributed by atoms with E-state index in [4.69, 9.17) is 9.47 Å². The van der Waals surface area contributed by atoms with Gasteiger partial charge in [0.1, 0.15) is 5.60 Å². The molecule has 0 aliphatic heterocycles. The molecule has 2 aliphatic rings. The van der Waals surface area contributed by atoms with Crippen LogP contribution in [0.5, 0.6) is 0 Å². The molecule has 2 fully saturated rings. The molecule has 0 N–H and O–H groups in total. The average molecular weight is 294 g/mol. The van der Waals surface area contributed by atoms with Crippen LogP contribution in [0.3, 0.4) is 0 Å². The topological polar surface area (TPSA) is 52.6 Å². The Labute approximate surface area is 126 Å². The SMILES string of the molecule is C=C(C)C(=O)OCC(=O)OC1(C(C)CC)CC2CCC1C2. The Kier molecular flexibility index (Phi) is 4.74. The maximum absolute atomic E-state index is 12.1. The molecular formula is C17H26O4. The second kappa shape index (κ2) is 6.20. The molecule has 0 aromatic carbocycles. The number of carbonyl (C=O) groups excluding carboxylic acids is 2. The van der Waals surface area contributed by atoms with E-state index in [2.05, 4.69) is 20.4 Å². The second-order valence-corrected chi connectivity index (χ2v) is 6.67. The third kappa shape index (κ3) is 3.14. The molecule has 4 atom stereocenters. The quantitative estimate of drug-likeness (QED) is 0.557. The van der Waals surface area contributed by atoms with E-state index in [1.54, 1.807) is 6.92 Å². The van der Waals surface area contributed by atoms with E-state index < -0.39 is 11.9 Å². The number of fused-ring (bicyclic) bond motifs is 2. The van der Waals surface area contributed by atoms with E-state index in [-0.39, 0.29) is 12.2 Å². The van der Waals surface area contributed by atoms with Crippen LogP contribution in [0.1, 0.15) is 52.9 Å². The lowest BCUT2D eigenvalue weighted by Gasteiger charge is -2.41. The molecular weight excluding hydrogens is 268 g/mol. The second-order valence-electron chi connectivity index (χ2n) is 6.67. The summed E-state index contributed by atoms with van der Waals surface area (Å²) >= 11 is 0. The molecule has 4 nitrogen and oxygen atoms in total. The minimum absolute atomic E-state index is 0.291. The van der Waals surface area contributed by atoms with E-state index in [9.17, 15) is 9.59 Å². The van der Waals surface area contributed by atoms with Crippen molar-refractivity contribution in [3.05, 3.63) is 12.2 Å². The predicted molar refractivity (Wildman–Crippen MR) is 79.5 cm³/mol. The molecule has 4 unspecified atom stereocenters. The summed E-state index contributed by atoms with van der Waals surface area (Å²) in [6.07, 6.45) is 5.52. The zero-order chi connectivity index (χ0) is 15.6. The first-order valence-corrected chi connectivity index (χ1v) is 7.93. The minimum Gasteiger partial charge on any atom is -0.456 e. The summed E-state index contributed by atoms with van der Waals surface area (Å²) in [6, 6.07) is 0. The zero-order valence-electron chi connectivity index (χ0n) is 13.3. The maximum atomic E-state index is 12.1. The zero-order valence-corrected chi connectivity index (χ0v) is 13.3. The van der Waals surface area contributed by atoms with Gasteiger partial charge in [-0.15, -0.1) is 0 Å². The molecule has 21 heavy (non-hydrogen) atoms. The summed E-state index contributed by atoms with van der Waals surface area (Å²) in [7, 11) is 0. The predicted octanol–water partition coefficient (Wildman–Crippen LogP) is 3.25. The fourth-order valence-electron chi connectivity index (χ4n) is 3.99. The molecule has 0 amide bonds. The van der Waals surface area contributed by atoms with Gasteiger partial charge < -0.3 is 9.47 Å². The first kappa shape index (κ1) is 16.1. The van der Waals surface area contributed by atoms with Crippen molar-refractivity contribution in [3.63, 3.8) is 0 Å². The molecule has 4 heteroatoms. The molecule has 2 aliphatic carbocycles. The van der Waals surface area contributed by atoms with Crippen molar-refractivity contribution in [2.45, 2.75) is 58.5 Å². The summed E-state index contributed by atoms with van der Waals surface area (Å²) in [5.74, 6) is 0.525. The van der Waals surface area contributed by atoms with Crippen LogP contribution in [-0.2, 0) is 19.1 Å². The molecule has 2 rings (SSSR count). The Morgan fingerprint density at radius 3 is 2.57 bits per heavy atom. The van der Waals surface area contributed by atoms with Gasteiger partial charge in [-0.25, -0.2) is 9.59 Å². The van der Waals surface area contributed by atoms with E-state index in [0.29, 0.717) is 23.3 Å². The van der Waals surface area contributed by atoms with Gasteiger partial charge in [0.2, 0.25) is 0 Å². The highest BCUT2D eigenvalue weighted by molar-refractivity contribution is 5.88. The van der Waals surface area contributed by atoms with Crippen molar-refractivity contribution >= 4 is 11.9 Å². The lowest BCUT2D eigenvalue weighted by Crippen LogP contribution is -2.46. The first-order valence-electron chi connectivity index (χ1n) is 7.93. The van der Waals surface area contributed by atoms with Crippen molar-refractivity contribution in [3.8, 4) is 0 Å². The first-order chi connectivity index (χ1) is 9.89. The van der Waals surface area contributed by atoms with Crippen molar-refractivity contribution < 1.29 is 19.1 Å². The number of carbonyl (C=O) groups is 2. The summed E-state index contributed by atoms with van der Waals surface area (Å²) in [5, 5.41) is 0. The molecule has 0 heterocycles. The van der Waals surface area contributed by atoms with Gasteiger partial charge in [-0.2, -0.15) is 0 Å². The molecule has 0 aromatic rings. The Morgan fingerprint density at radius 2 is 2.10 bits per heavy atom. The van der Waals surface area contributed by atoms with E-state index >= 15 is 0 Å². The third-order valence-corrected chi connectivity index (χ3v) is 5.26. The molecule has 0 spiro atoms. The summed E-state index contributed by atoms with van der Waals surface area (Å²) in [5.41, 5.74) is -0.0518. The molecule has 2 saturated carbocycles. The molecule has 0 saturated heterocycles. The summed E-state index contributed by atoms with van der Waals surface area (Å²) in [6.45, 7) is 9.03. The van der Waals surface area contributed by atoms with Crippen LogP contribution >= 0.6 is 0 Å². The highest BCUT2D eigenvalue weighted by Crippen LogP contribution is 2.56. The van der Waals surface area contributed by atoms with Crippen molar-refractivity contribution in [1.29, 1.82) is 0 Å².